The summed E-state index contributed by atoms with van der Waals surface area (Å²) in [6, 6.07) is 11.3. The fraction of sp³-hybridized carbons (Fsp3) is 0.375. The van der Waals surface area contributed by atoms with Crippen molar-refractivity contribution in [3.05, 3.63) is 59.9 Å². The number of rotatable bonds is 4. The molecule has 4 heterocycles. The number of hydrogen-bond donors (Lipinski definition) is 1. The Hall–Kier alpha value is -3.14. The number of piperidine rings is 1. The van der Waals surface area contributed by atoms with Crippen LogP contribution in [0.1, 0.15) is 24.1 Å². The topological polar surface area (TPSA) is 58.4 Å². The van der Waals surface area contributed by atoms with E-state index in [0.717, 1.165) is 37.7 Å². The summed E-state index contributed by atoms with van der Waals surface area (Å²) < 4.78 is 46.9. The summed E-state index contributed by atoms with van der Waals surface area (Å²) in [6.07, 6.45) is -0.465. The van der Waals surface area contributed by atoms with E-state index in [1.165, 1.54) is 17.1 Å². The molecular weight excluding hydrogens is 461 g/mol. The Morgan fingerprint density at radius 2 is 1.76 bits per heavy atom. The smallest absolute Gasteiger partial charge is 0.361 e. The van der Waals surface area contributed by atoms with Crippen molar-refractivity contribution in [1.29, 1.82) is 0 Å². The summed E-state index contributed by atoms with van der Waals surface area (Å²) in [5.74, 6) is 1.37. The van der Waals surface area contributed by atoms with E-state index in [4.69, 9.17) is 0 Å². The normalized spacial score (nSPS) is 22.5. The Kier molecular flexibility index (Phi) is 5.02. The molecule has 6 rings (SSSR count). The van der Waals surface area contributed by atoms with Crippen LogP contribution in [0.3, 0.4) is 0 Å². The van der Waals surface area contributed by atoms with Crippen LogP contribution in [0.2, 0.25) is 0 Å². The summed E-state index contributed by atoms with van der Waals surface area (Å²) in [7, 11) is 0. The van der Waals surface area contributed by atoms with Crippen LogP contribution in [0.25, 0.3) is 16.8 Å². The maximum Gasteiger partial charge on any atom is 0.417 e. The lowest BCUT2D eigenvalue weighted by Gasteiger charge is -2.38. The third-order valence-corrected chi connectivity index (χ3v) is 7.88. The van der Waals surface area contributed by atoms with Gasteiger partial charge in [0.15, 0.2) is 5.65 Å². The largest absolute Gasteiger partial charge is 0.417 e. The molecule has 34 heavy (non-hydrogen) atoms. The van der Waals surface area contributed by atoms with Crippen LogP contribution in [0, 0.1) is 18.8 Å². The second-order valence-corrected chi connectivity index (χ2v) is 9.93. The zero-order chi connectivity index (χ0) is 23.4. The molecule has 2 unspecified atom stereocenters. The van der Waals surface area contributed by atoms with Gasteiger partial charge in [-0.15, -0.1) is 5.10 Å². The zero-order valence-electron chi connectivity index (χ0n) is 18.5. The van der Waals surface area contributed by atoms with Crippen LogP contribution in [-0.2, 0) is 6.18 Å². The minimum atomic E-state index is -4.45. The standard InChI is InChI=1S/C24H23F3N6S/c1-14-11-20(34-31-14)32-12-15-8-9-16(13-32)21(15)28-23-29-22-18(6-4-10-33(22)30-23)17-5-2-3-7-19(17)24(25,26)27/h2-7,10-11,15-16,21H,8-9,12-13H2,1H3,(H,28,30). The molecule has 1 aliphatic carbocycles. The van der Waals surface area contributed by atoms with Crippen LogP contribution in [0.15, 0.2) is 48.7 Å². The number of pyridine rings is 1. The number of fused-ring (bicyclic) bond motifs is 3. The summed E-state index contributed by atoms with van der Waals surface area (Å²) in [4.78, 5) is 7.06. The molecule has 6 nitrogen and oxygen atoms in total. The van der Waals surface area contributed by atoms with Gasteiger partial charge in [-0.25, -0.2) is 4.52 Å². The predicted octanol–water partition coefficient (Wildman–Crippen LogP) is 5.51. The number of aryl methyl sites for hydroxylation is 1. The number of halogens is 3. The molecule has 2 atom stereocenters. The Balaban J connectivity index is 1.29. The van der Waals surface area contributed by atoms with Crippen molar-refractivity contribution < 1.29 is 13.2 Å². The first-order chi connectivity index (χ1) is 16.4. The molecule has 0 radical (unpaired) electrons. The summed E-state index contributed by atoms with van der Waals surface area (Å²) in [5.41, 5.74) is 1.29. The number of aromatic nitrogens is 4. The first-order valence-electron chi connectivity index (χ1n) is 11.3. The second kappa shape index (κ2) is 7.97. The molecule has 0 spiro atoms. The molecule has 176 valence electrons. The van der Waals surface area contributed by atoms with Gasteiger partial charge in [0.1, 0.15) is 5.00 Å². The number of benzene rings is 1. The lowest BCUT2D eigenvalue weighted by molar-refractivity contribution is -0.137. The lowest BCUT2D eigenvalue weighted by atomic mass is 9.92. The van der Waals surface area contributed by atoms with Crippen LogP contribution >= 0.6 is 11.5 Å². The first-order valence-corrected chi connectivity index (χ1v) is 12.1. The number of nitrogens with one attached hydrogen (secondary N) is 1. The molecule has 2 fully saturated rings. The summed E-state index contributed by atoms with van der Waals surface area (Å²) in [5, 5.41) is 9.30. The van der Waals surface area contributed by atoms with Gasteiger partial charge in [-0.2, -0.15) is 22.5 Å². The molecule has 1 N–H and O–H groups in total. The summed E-state index contributed by atoms with van der Waals surface area (Å²) >= 11 is 1.55. The molecule has 1 aromatic carbocycles. The monoisotopic (exact) mass is 484 g/mol. The van der Waals surface area contributed by atoms with Gasteiger partial charge in [-0.1, -0.05) is 18.2 Å². The second-order valence-electron chi connectivity index (χ2n) is 9.15. The van der Waals surface area contributed by atoms with Crippen molar-refractivity contribution in [3.63, 3.8) is 0 Å². The van der Waals surface area contributed by atoms with Crippen molar-refractivity contribution in [2.75, 3.05) is 23.3 Å². The highest BCUT2D eigenvalue weighted by molar-refractivity contribution is 7.10. The quantitative estimate of drug-likeness (QED) is 0.414. The van der Waals surface area contributed by atoms with Gasteiger partial charge in [0, 0.05) is 30.9 Å². The number of alkyl halides is 3. The van der Waals surface area contributed by atoms with Gasteiger partial charge in [0.25, 0.3) is 0 Å². The van der Waals surface area contributed by atoms with Gasteiger partial charge in [0.05, 0.1) is 11.3 Å². The van der Waals surface area contributed by atoms with Crippen LogP contribution in [0.4, 0.5) is 24.1 Å². The van der Waals surface area contributed by atoms with E-state index in [1.54, 1.807) is 40.4 Å². The van der Waals surface area contributed by atoms with E-state index in [9.17, 15) is 13.2 Å². The fourth-order valence-electron chi connectivity index (χ4n) is 5.43. The summed E-state index contributed by atoms with van der Waals surface area (Å²) in [6.45, 7) is 3.92. The third-order valence-electron chi connectivity index (χ3n) is 6.94. The Morgan fingerprint density at radius 3 is 2.47 bits per heavy atom. The third kappa shape index (κ3) is 3.70. The fourth-order valence-corrected chi connectivity index (χ4v) is 6.21. The van der Waals surface area contributed by atoms with Crippen molar-refractivity contribution >= 4 is 28.1 Å². The van der Waals surface area contributed by atoms with Gasteiger partial charge in [0.2, 0.25) is 5.95 Å². The first kappa shape index (κ1) is 21.4. The van der Waals surface area contributed by atoms with Crippen molar-refractivity contribution in [2.24, 2.45) is 11.8 Å². The molecule has 2 aliphatic rings. The molecule has 1 saturated carbocycles. The number of anilines is 2. The highest BCUT2D eigenvalue weighted by atomic mass is 32.1. The zero-order valence-corrected chi connectivity index (χ0v) is 19.3. The Morgan fingerprint density at radius 1 is 1.03 bits per heavy atom. The highest BCUT2D eigenvalue weighted by Crippen LogP contribution is 2.41. The molecule has 2 bridgehead atoms. The Labute approximate surface area is 198 Å². The van der Waals surface area contributed by atoms with Crippen LogP contribution in [0.5, 0.6) is 0 Å². The van der Waals surface area contributed by atoms with Crippen LogP contribution < -0.4 is 10.2 Å². The van der Waals surface area contributed by atoms with E-state index < -0.39 is 11.7 Å². The van der Waals surface area contributed by atoms with Gasteiger partial charge >= 0.3 is 6.18 Å². The molecule has 1 saturated heterocycles. The molecule has 4 aromatic rings. The van der Waals surface area contributed by atoms with E-state index in [1.807, 2.05) is 6.92 Å². The van der Waals surface area contributed by atoms with Crippen LogP contribution in [-0.4, -0.2) is 38.1 Å². The number of nitrogens with zero attached hydrogens (tertiary/aromatic N) is 5. The van der Waals surface area contributed by atoms with Gasteiger partial charge in [-0.3, -0.25) is 0 Å². The van der Waals surface area contributed by atoms with E-state index in [0.29, 0.717) is 29.0 Å². The van der Waals surface area contributed by atoms with E-state index >= 15 is 0 Å². The lowest BCUT2D eigenvalue weighted by Crippen LogP contribution is -2.48. The Bertz CT molecular complexity index is 1330. The van der Waals surface area contributed by atoms with Gasteiger partial charge < -0.3 is 10.2 Å². The van der Waals surface area contributed by atoms with Crippen molar-refractivity contribution in [2.45, 2.75) is 32.0 Å². The minimum Gasteiger partial charge on any atom is -0.361 e. The van der Waals surface area contributed by atoms with E-state index in [-0.39, 0.29) is 11.6 Å². The average Bonchev–Trinajstić information content (AvgIpc) is 3.48. The molecule has 10 heteroatoms. The predicted molar refractivity (Wildman–Crippen MR) is 126 cm³/mol. The number of hydrogen-bond acceptors (Lipinski definition) is 6. The molecule has 3 aromatic heterocycles. The average molecular weight is 485 g/mol. The van der Waals surface area contributed by atoms with Crippen molar-refractivity contribution in [3.8, 4) is 11.1 Å². The molecule has 1 aliphatic heterocycles. The maximum absolute atomic E-state index is 13.6. The SMILES string of the molecule is Cc1cc(N2CC3CCC(C2)C3Nc2nc3c(-c4ccccc4C(F)(F)F)cccn3n2)sn1. The van der Waals surface area contributed by atoms with E-state index in [2.05, 4.69) is 30.7 Å². The van der Waals surface area contributed by atoms with Crippen molar-refractivity contribution in [1.82, 2.24) is 19.0 Å². The molecule has 0 amide bonds. The maximum atomic E-state index is 13.6. The van der Waals surface area contributed by atoms with Gasteiger partial charge in [-0.05, 0) is 73.0 Å². The highest BCUT2D eigenvalue weighted by Gasteiger charge is 2.43. The minimum absolute atomic E-state index is 0.104. The molecular formula is C24H23F3N6S.